The summed E-state index contributed by atoms with van der Waals surface area (Å²) in [6, 6.07) is 9.51. The van der Waals surface area contributed by atoms with Crippen LogP contribution in [0.1, 0.15) is 16.2 Å². The Bertz CT molecular complexity index is 580. The molecule has 0 spiro atoms. The van der Waals surface area contributed by atoms with E-state index < -0.39 is 5.97 Å². The second kappa shape index (κ2) is 5.23. The zero-order valence-corrected chi connectivity index (χ0v) is 9.96. The maximum Gasteiger partial charge on any atom is 0.358 e. The lowest BCUT2D eigenvalue weighted by Crippen LogP contribution is -2.09. The average molecular weight is 240 g/mol. The lowest BCUT2D eigenvalue weighted by atomic mass is 10.1. The number of hydrogen-bond acceptors (Lipinski definition) is 4. The van der Waals surface area contributed by atoms with Crippen molar-refractivity contribution in [3.05, 3.63) is 54.5 Å². The van der Waals surface area contributed by atoms with Crippen LogP contribution in [0, 0.1) is 0 Å². The standard InChI is InChI=1S/C14H12N2O2/c1-3-11-13(14(17)18-2)16-12(9-15-11)10-7-5-4-6-8-10/h3-9H,1H2,2H3. The molecule has 0 amide bonds. The monoisotopic (exact) mass is 240 g/mol. The van der Waals surface area contributed by atoms with Crippen LogP contribution in [-0.2, 0) is 4.74 Å². The number of ether oxygens (including phenoxy) is 1. The van der Waals surface area contributed by atoms with E-state index in [4.69, 9.17) is 0 Å². The largest absolute Gasteiger partial charge is 0.464 e. The van der Waals surface area contributed by atoms with E-state index in [0.29, 0.717) is 11.4 Å². The highest BCUT2D eigenvalue weighted by molar-refractivity contribution is 5.91. The van der Waals surface area contributed by atoms with Crippen LogP contribution in [0.4, 0.5) is 0 Å². The third kappa shape index (κ3) is 2.27. The predicted molar refractivity (Wildman–Crippen MR) is 68.9 cm³/mol. The van der Waals surface area contributed by atoms with Gasteiger partial charge in [-0.3, -0.25) is 4.98 Å². The molecular formula is C14H12N2O2. The van der Waals surface area contributed by atoms with Gasteiger partial charge in [-0.25, -0.2) is 9.78 Å². The second-order valence-electron chi connectivity index (χ2n) is 3.55. The minimum absolute atomic E-state index is 0.175. The Hall–Kier alpha value is -2.49. The number of carbonyl (C=O) groups is 1. The Morgan fingerprint density at radius 1 is 1.33 bits per heavy atom. The predicted octanol–water partition coefficient (Wildman–Crippen LogP) is 2.57. The molecule has 18 heavy (non-hydrogen) atoms. The molecule has 0 bridgehead atoms. The Morgan fingerprint density at radius 3 is 2.67 bits per heavy atom. The van der Waals surface area contributed by atoms with Gasteiger partial charge >= 0.3 is 5.97 Å². The van der Waals surface area contributed by atoms with E-state index in [9.17, 15) is 4.79 Å². The van der Waals surface area contributed by atoms with E-state index >= 15 is 0 Å². The van der Waals surface area contributed by atoms with Crippen molar-refractivity contribution in [1.29, 1.82) is 0 Å². The fourth-order valence-electron chi connectivity index (χ4n) is 1.54. The Kier molecular flexibility index (Phi) is 3.48. The third-order valence-corrected chi connectivity index (χ3v) is 2.44. The quantitative estimate of drug-likeness (QED) is 0.774. The highest BCUT2D eigenvalue weighted by atomic mass is 16.5. The summed E-state index contributed by atoms with van der Waals surface area (Å²) in [6.45, 7) is 3.60. The smallest absolute Gasteiger partial charge is 0.358 e. The van der Waals surface area contributed by atoms with Gasteiger partial charge in [-0.05, 0) is 6.08 Å². The van der Waals surface area contributed by atoms with Crippen molar-refractivity contribution in [1.82, 2.24) is 9.97 Å². The fourth-order valence-corrected chi connectivity index (χ4v) is 1.54. The van der Waals surface area contributed by atoms with Crippen LogP contribution in [-0.4, -0.2) is 23.0 Å². The highest BCUT2D eigenvalue weighted by Crippen LogP contribution is 2.17. The summed E-state index contributed by atoms with van der Waals surface area (Å²) in [6.07, 6.45) is 3.09. The molecule has 1 aromatic carbocycles. The van der Waals surface area contributed by atoms with Crippen molar-refractivity contribution in [3.63, 3.8) is 0 Å². The van der Waals surface area contributed by atoms with Gasteiger partial charge < -0.3 is 4.74 Å². The molecule has 0 aliphatic heterocycles. The second-order valence-corrected chi connectivity index (χ2v) is 3.55. The molecule has 2 rings (SSSR count). The number of methoxy groups -OCH3 is 1. The summed E-state index contributed by atoms with van der Waals surface area (Å²) in [5, 5.41) is 0. The number of esters is 1. The fraction of sp³-hybridized carbons (Fsp3) is 0.0714. The molecule has 4 nitrogen and oxygen atoms in total. The van der Waals surface area contributed by atoms with Gasteiger partial charge in [0.1, 0.15) is 0 Å². The first kappa shape index (κ1) is 12.0. The molecule has 90 valence electrons. The Labute approximate surface area is 105 Å². The third-order valence-electron chi connectivity index (χ3n) is 2.44. The van der Waals surface area contributed by atoms with Crippen molar-refractivity contribution >= 4 is 12.0 Å². The molecule has 0 saturated heterocycles. The zero-order valence-electron chi connectivity index (χ0n) is 9.96. The Morgan fingerprint density at radius 2 is 2.06 bits per heavy atom. The first-order valence-electron chi connectivity index (χ1n) is 5.39. The van der Waals surface area contributed by atoms with Crippen LogP contribution < -0.4 is 0 Å². The van der Waals surface area contributed by atoms with E-state index in [0.717, 1.165) is 5.56 Å². The maximum absolute atomic E-state index is 11.6. The summed E-state index contributed by atoms with van der Waals surface area (Å²) >= 11 is 0. The van der Waals surface area contributed by atoms with Crippen LogP contribution in [0.5, 0.6) is 0 Å². The first-order valence-corrected chi connectivity index (χ1v) is 5.39. The SMILES string of the molecule is C=Cc1ncc(-c2ccccc2)nc1C(=O)OC. The van der Waals surface area contributed by atoms with Crippen LogP contribution in [0.15, 0.2) is 43.1 Å². The molecule has 0 saturated carbocycles. The first-order chi connectivity index (χ1) is 8.76. The molecule has 2 aromatic rings. The van der Waals surface area contributed by atoms with E-state index in [1.54, 1.807) is 6.20 Å². The molecule has 0 fully saturated rings. The van der Waals surface area contributed by atoms with Crippen molar-refractivity contribution in [2.75, 3.05) is 7.11 Å². The summed E-state index contributed by atoms with van der Waals surface area (Å²) in [5.41, 5.74) is 2.11. The summed E-state index contributed by atoms with van der Waals surface area (Å²) in [7, 11) is 1.31. The van der Waals surface area contributed by atoms with Crippen molar-refractivity contribution in [3.8, 4) is 11.3 Å². The lowest BCUT2D eigenvalue weighted by molar-refractivity contribution is 0.0593. The minimum atomic E-state index is -0.518. The summed E-state index contributed by atoms with van der Waals surface area (Å²) in [5.74, 6) is -0.518. The summed E-state index contributed by atoms with van der Waals surface area (Å²) < 4.78 is 4.68. The summed E-state index contributed by atoms with van der Waals surface area (Å²) in [4.78, 5) is 20.0. The van der Waals surface area contributed by atoms with Crippen molar-refractivity contribution in [2.45, 2.75) is 0 Å². The van der Waals surface area contributed by atoms with Gasteiger partial charge in [-0.15, -0.1) is 0 Å². The highest BCUT2D eigenvalue weighted by Gasteiger charge is 2.14. The van der Waals surface area contributed by atoms with Crippen LogP contribution in [0.3, 0.4) is 0 Å². The van der Waals surface area contributed by atoms with Gasteiger partial charge in [-0.1, -0.05) is 36.9 Å². The molecule has 0 radical (unpaired) electrons. The number of carbonyl (C=O) groups excluding carboxylic acids is 1. The van der Waals surface area contributed by atoms with E-state index in [2.05, 4.69) is 21.3 Å². The Balaban J connectivity index is 2.53. The normalized spacial score (nSPS) is 9.83. The molecule has 1 aromatic heterocycles. The minimum Gasteiger partial charge on any atom is -0.464 e. The van der Waals surface area contributed by atoms with Gasteiger partial charge in [0.25, 0.3) is 0 Å². The van der Waals surface area contributed by atoms with E-state index in [1.165, 1.54) is 13.2 Å². The lowest BCUT2D eigenvalue weighted by Gasteiger charge is -2.05. The van der Waals surface area contributed by atoms with Gasteiger partial charge in [0, 0.05) is 5.56 Å². The number of hydrogen-bond donors (Lipinski definition) is 0. The van der Waals surface area contributed by atoms with Crippen LogP contribution >= 0.6 is 0 Å². The van der Waals surface area contributed by atoms with E-state index in [1.807, 2.05) is 30.3 Å². The van der Waals surface area contributed by atoms with Crippen LogP contribution in [0.25, 0.3) is 17.3 Å². The van der Waals surface area contributed by atoms with Gasteiger partial charge in [0.15, 0.2) is 5.69 Å². The maximum atomic E-state index is 11.6. The molecule has 0 unspecified atom stereocenters. The molecular weight excluding hydrogens is 228 g/mol. The number of nitrogens with zero attached hydrogens (tertiary/aromatic N) is 2. The van der Waals surface area contributed by atoms with E-state index in [-0.39, 0.29) is 5.69 Å². The molecule has 1 heterocycles. The zero-order chi connectivity index (χ0) is 13.0. The molecule has 0 aliphatic carbocycles. The van der Waals surface area contributed by atoms with Crippen molar-refractivity contribution in [2.24, 2.45) is 0 Å². The molecule has 0 atom stereocenters. The number of rotatable bonds is 3. The van der Waals surface area contributed by atoms with Gasteiger partial charge in [-0.2, -0.15) is 0 Å². The molecule has 4 heteroatoms. The molecule has 0 N–H and O–H groups in total. The number of aromatic nitrogens is 2. The average Bonchev–Trinajstić information content (AvgIpc) is 2.46. The van der Waals surface area contributed by atoms with Gasteiger partial charge in [0.05, 0.1) is 24.7 Å². The number of benzene rings is 1. The topological polar surface area (TPSA) is 52.1 Å². The van der Waals surface area contributed by atoms with Gasteiger partial charge in [0.2, 0.25) is 0 Å². The molecule has 0 aliphatic rings. The van der Waals surface area contributed by atoms with Crippen LogP contribution in [0.2, 0.25) is 0 Å². The van der Waals surface area contributed by atoms with Crippen molar-refractivity contribution < 1.29 is 9.53 Å².